The molecule has 0 aliphatic rings. The average Bonchev–Trinajstić information content (AvgIpc) is 2.12. The zero-order valence-corrected chi connectivity index (χ0v) is 9.03. The SMILES string of the molecule is C=CC(=O)C(CC)[SiH](OC)OC. The van der Waals surface area contributed by atoms with Gasteiger partial charge in [0.2, 0.25) is 0 Å². The molecule has 0 heterocycles. The van der Waals surface area contributed by atoms with Crippen LogP contribution in [0.4, 0.5) is 0 Å². The second kappa shape index (κ2) is 6.11. The smallest absolute Gasteiger partial charge is 0.332 e. The molecule has 0 aliphatic heterocycles. The monoisotopic (exact) mass is 188 g/mol. The van der Waals surface area contributed by atoms with E-state index in [0.29, 0.717) is 0 Å². The highest BCUT2D eigenvalue weighted by Gasteiger charge is 2.27. The summed E-state index contributed by atoms with van der Waals surface area (Å²) in [5, 5.41) is 0. The van der Waals surface area contributed by atoms with Crippen molar-refractivity contribution in [3.63, 3.8) is 0 Å². The first-order valence-corrected chi connectivity index (χ1v) is 5.54. The van der Waals surface area contributed by atoms with Crippen molar-refractivity contribution in [2.45, 2.75) is 18.9 Å². The summed E-state index contributed by atoms with van der Waals surface area (Å²) in [5.74, 6) is 0.0258. The molecule has 0 saturated heterocycles. The van der Waals surface area contributed by atoms with Crippen LogP contribution >= 0.6 is 0 Å². The highest BCUT2D eigenvalue weighted by atomic mass is 28.3. The van der Waals surface area contributed by atoms with Gasteiger partial charge in [-0.15, -0.1) is 0 Å². The average molecular weight is 188 g/mol. The van der Waals surface area contributed by atoms with Crippen molar-refractivity contribution in [3.8, 4) is 0 Å². The first-order valence-electron chi connectivity index (χ1n) is 3.93. The molecule has 1 unspecified atom stereocenters. The maximum atomic E-state index is 11.3. The molecule has 0 aromatic rings. The van der Waals surface area contributed by atoms with Gasteiger partial charge in [-0.05, 0) is 12.5 Å². The van der Waals surface area contributed by atoms with Gasteiger partial charge in [0, 0.05) is 14.2 Å². The van der Waals surface area contributed by atoms with E-state index >= 15 is 0 Å². The molecule has 0 amide bonds. The first kappa shape index (κ1) is 11.5. The second-order valence-electron chi connectivity index (χ2n) is 2.46. The van der Waals surface area contributed by atoms with E-state index in [1.54, 1.807) is 14.2 Å². The molecule has 0 spiro atoms. The molecule has 12 heavy (non-hydrogen) atoms. The summed E-state index contributed by atoms with van der Waals surface area (Å²) in [6, 6.07) is 0. The van der Waals surface area contributed by atoms with Gasteiger partial charge in [-0.3, -0.25) is 4.79 Å². The fraction of sp³-hybridized carbons (Fsp3) is 0.625. The summed E-state index contributed by atoms with van der Waals surface area (Å²) in [7, 11) is 1.36. The largest absolute Gasteiger partial charge is 0.399 e. The van der Waals surface area contributed by atoms with Crippen LogP contribution in [0, 0.1) is 0 Å². The van der Waals surface area contributed by atoms with Gasteiger partial charge in [-0.25, -0.2) is 0 Å². The lowest BCUT2D eigenvalue weighted by Crippen LogP contribution is -2.30. The van der Waals surface area contributed by atoms with E-state index in [1.165, 1.54) is 6.08 Å². The van der Waals surface area contributed by atoms with Crippen molar-refractivity contribution in [1.82, 2.24) is 0 Å². The summed E-state index contributed by atoms with van der Waals surface area (Å²) in [5.41, 5.74) is -0.0995. The predicted octanol–water partition coefficient (Wildman–Crippen LogP) is 1.03. The Morgan fingerprint density at radius 3 is 2.33 bits per heavy atom. The number of allylic oxidation sites excluding steroid dienone is 1. The van der Waals surface area contributed by atoms with Crippen molar-refractivity contribution in [2.75, 3.05) is 14.2 Å². The van der Waals surface area contributed by atoms with Crippen molar-refractivity contribution < 1.29 is 13.6 Å². The molecule has 0 radical (unpaired) electrons. The summed E-state index contributed by atoms with van der Waals surface area (Å²) >= 11 is 0. The normalized spacial score (nSPS) is 13.0. The van der Waals surface area contributed by atoms with E-state index in [-0.39, 0.29) is 11.3 Å². The van der Waals surface area contributed by atoms with Gasteiger partial charge >= 0.3 is 9.28 Å². The molecule has 0 aromatic heterocycles. The fourth-order valence-electron chi connectivity index (χ4n) is 1.10. The van der Waals surface area contributed by atoms with Crippen LogP contribution < -0.4 is 0 Å². The quantitative estimate of drug-likeness (QED) is 0.461. The molecule has 0 aliphatic carbocycles. The maximum absolute atomic E-state index is 11.3. The molecule has 4 heteroatoms. The van der Waals surface area contributed by atoms with Crippen LogP contribution in [-0.2, 0) is 13.6 Å². The number of hydrogen-bond donors (Lipinski definition) is 0. The molecule has 1 atom stereocenters. The van der Waals surface area contributed by atoms with Crippen molar-refractivity contribution in [1.29, 1.82) is 0 Å². The maximum Gasteiger partial charge on any atom is 0.332 e. The number of carbonyl (C=O) groups is 1. The number of ketones is 1. The molecular weight excluding hydrogens is 172 g/mol. The predicted molar refractivity (Wildman–Crippen MR) is 50.4 cm³/mol. The van der Waals surface area contributed by atoms with Gasteiger partial charge < -0.3 is 8.85 Å². The molecule has 0 fully saturated rings. The van der Waals surface area contributed by atoms with Gasteiger partial charge in [-0.2, -0.15) is 0 Å². The first-order chi connectivity index (χ1) is 5.71. The zero-order valence-electron chi connectivity index (χ0n) is 7.87. The standard InChI is InChI=1S/C8H16O3Si/c1-5-7(9)8(6-2)12(10-3)11-4/h5,8,12H,1,6H2,2-4H3. The summed E-state index contributed by atoms with van der Waals surface area (Å²) in [4.78, 5) is 11.3. The molecule has 0 N–H and O–H groups in total. The van der Waals surface area contributed by atoms with Crippen LogP contribution in [-0.4, -0.2) is 29.3 Å². The number of hydrogen-bond acceptors (Lipinski definition) is 3. The van der Waals surface area contributed by atoms with E-state index < -0.39 is 9.28 Å². The third kappa shape index (κ3) is 2.89. The third-order valence-electron chi connectivity index (χ3n) is 1.80. The van der Waals surface area contributed by atoms with E-state index in [1.807, 2.05) is 6.92 Å². The van der Waals surface area contributed by atoms with E-state index in [4.69, 9.17) is 8.85 Å². The van der Waals surface area contributed by atoms with Crippen LogP contribution in [0.2, 0.25) is 5.54 Å². The molecule has 70 valence electrons. The Morgan fingerprint density at radius 2 is 2.08 bits per heavy atom. The topological polar surface area (TPSA) is 35.5 Å². The second-order valence-corrected chi connectivity index (χ2v) is 4.95. The lowest BCUT2D eigenvalue weighted by atomic mass is 10.2. The molecule has 0 rings (SSSR count). The molecule has 0 aromatic carbocycles. The van der Waals surface area contributed by atoms with Crippen molar-refractivity contribution in [3.05, 3.63) is 12.7 Å². The highest BCUT2D eigenvalue weighted by Crippen LogP contribution is 2.17. The minimum atomic E-state index is -1.80. The Kier molecular flexibility index (Phi) is 5.88. The minimum absolute atomic E-state index is 0.0258. The Labute approximate surface area is 75.2 Å². The Hall–Kier alpha value is -0.453. The van der Waals surface area contributed by atoms with Crippen LogP contribution in [0.5, 0.6) is 0 Å². The lowest BCUT2D eigenvalue weighted by Gasteiger charge is -2.18. The van der Waals surface area contributed by atoms with E-state index in [0.717, 1.165) is 6.42 Å². The van der Waals surface area contributed by atoms with Crippen molar-refractivity contribution in [2.24, 2.45) is 0 Å². The van der Waals surface area contributed by atoms with Gasteiger partial charge in [0.25, 0.3) is 0 Å². The fourth-order valence-corrected chi connectivity index (χ4v) is 2.74. The Bertz CT molecular complexity index is 154. The molecule has 0 bridgehead atoms. The summed E-state index contributed by atoms with van der Waals surface area (Å²) < 4.78 is 10.2. The summed E-state index contributed by atoms with van der Waals surface area (Å²) in [6.45, 7) is 5.39. The Morgan fingerprint density at radius 1 is 1.58 bits per heavy atom. The van der Waals surface area contributed by atoms with E-state index in [9.17, 15) is 4.79 Å². The highest BCUT2D eigenvalue weighted by molar-refractivity contribution is 6.52. The third-order valence-corrected chi connectivity index (χ3v) is 4.19. The molecule has 0 saturated carbocycles. The minimum Gasteiger partial charge on any atom is -0.399 e. The van der Waals surface area contributed by atoms with Crippen molar-refractivity contribution >= 4 is 15.1 Å². The number of carbonyl (C=O) groups excluding carboxylic acids is 1. The van der Waals surface area contributed by atoms with Gasteiger partial charge in [0.05, 0.1) is 5.54 Å². The summed E-state index contributed by atoms with van der Waals surface area (Å²) in [6.07, 6.45) is 2.09. The van der Waals surface area contributed by atoms with Gasteiger partial charge in [0.1, 0.15) is 0 Å². The van der Waals surface area contributed by atoms with E-state index in [2.05, 4.69) is 6.58 Å². The Balaban J connectivity index is 4.29. The number of rotatable bonds is 6. The van der Waals surface area contributed by atoms with Crippen LogP contribution in [0.15, 0.2) is 12.7 Å². The van der Waals surface area contributed by atoms with Crippen LogP contribution in [0.1, 0.15) is 13.3 Å². The van der Waals surface area contributed by atoms with Gasteiger partial charge in [0.15, 0.2) is 5.78 Å². The van der Waals surface area contributed by atoms with Crippen LogP contribution in [0.25, 0.3) is 0 Å². The molecule has 3 nitrogen and oxygen atoms in total. The molecular formula is C8H16O3Si. The lowest BCUT2D eigenvalue weighted by molar-refractivity contribution is -0.115. The van der Waals surface area contributed by atoms with Gasteiger partial charge in [-0.1, -0.05) is 13.5 Å². The zero-order chi connectivity index (χ0) is 9.56. The van der Waals surface area contributed by atoms with Crippen LogP contribution in [0.3, 0.4) is 0 Å².